The van der Waals surface area contributed by atoms with Gasteiger partial charge in [0.05, 0.1) is 5.39 Å². The summed E-state index contributed by atoms with van der Waals surface area (Å²) >= 11 is 0. The van der Waals surface area contributed by atoms with Crippen LogP contribution in [0.2, 0.25) is 0 Å². The molecule has 1 aliphatic rings. The van der Waals surface area contributed by atoms with Gasteiger partial charge in [0.2, 0.25) is 0 Å². The molecule has 5 nitrogen and oxygen atoms in total. The minimum Gasteiger partial charge on any atom is -0.383 e. The molecule has 1 fully saturated rings. The summed E-state index contributed by atoms with van der Waals surface area (Å²) in [6.45, 7) is 7.79. The predicted molar refractivity (Wildman–Crippen MR) is 87.5 cm³/mol. The molecular formula is C16H20F3N5. The second-order valence-corrected chi connectivity index (χ2v) is 6.29. The van der Waals surface area contributed by atoms with Crippen LogP contribution in [-0.4, -0.2) is 47.1 Å². The molecule has 2 N–H and O–H groups in total. The largest absolute Gasteiger partial charge is 0.383 e. The van der Waals surface area contributed by atoms with E-state index in [1.165, 1.54) is 11.8 Å². The normalized spacial score (nSPS) is 16.4. The van der Waals surface area contributed by atoms with Crippen LogP contribution in [0, 0.1) is 24.4 Å². The molecule has 0 saturated carbocycles. The van der Waals surface area contributed by atoms with Crippen LogP contribution in [-0.2, 0) is 0 Å². The Hall–Kier alpha value is -2.09. The number of aromatic nitrogens is 2. The highest BCUT2D eigenvalue weighted by Crippen LogP contribution is 2.35. The highest BCUT2D eigenvalue weighted by molar-refractivity contribution is 5.92. The number of aryl methyl sites for hydroxylation is 1. The van der Waals surface area contributed by atoms with Gasteiger partial charge in [0.1, 0.15) is 22.8 Å². The Morgan fingerprint density at radius 3 is 2.17 bits per heavy atom. The predicted octanol–water partition coefficient (Wildman–Crippen LogP) is 2.47. The molecule has 3 rings (SSSR count). The van der Waals surface area contributed by atoms with Gasteiger partial charge in [-0.1, -0.05) is 0 Å². The molecule has 130 valence electrons. The third-order valence-electron chi connectivity index (χ3n) is 4.45. The van der Waals surface area contributed by atoms with Crippen LogP contribution in [0.5, 0.6) is 0 Å². The van der Waals surface area contributed by atoms with Crippen molar-refractivity contribution in [3.63, 3.8) is 0 Å². The first kappa shape index (κ1) is 16.8. The van der Waals surface area contributed by atoms with E-state index in [9.17, 15) is 13.2 Å². The zero-order valence-corrected chi connectivity index (χ0v) is 13.9. The van der Waals surface area contributed by atoms with Gasteiger partial charge in [0, 0.05) is 32.2 Å². The quantitative estimate of drug-likeness (QED) is 0.852. The van der Waals surface area contributed by atoms with E-state index in [1.807, 2.05) is 0 Å². The lowest BCUT2D eigenvalue weighted by Gasteiger charge is -2.38. The van der Waals surface area contributed by atoms with E-state index in [0.29, 0.717) is 32.2 Å². The molecule has 1 saturated heterocycles. The second kappa shape index (κ2) is 6.08. The Bertz CT molecular complexity index is 785. The number of rotatable bonds is 2. The molecule has 1 aliphatic heterocycles. The van der Waals surface area contributed by atoms with E-state index in [4.69, 9.17) is 5.73 Å². The van der Waals surface area contributed by atoms with Crippen LogP contribution in [0.1, 0.15) is 19.7 Å². The Labute approximate surface area is 138 Å². The SMILES string of the molecule is Cc1nc(N)c2c(F)c(F)c(N3CCN(C(C)C)CC3)c(F)c2n1. The van der Waals surface area contributed by atoms with Gasteiger partial charge in [0.15, 0.2) is 17.5 Å². The summed E-state index contributed by atoms with van der Waals surface area (Å²) < 4.78 is 43.9. The molecule has 0 aliphatic carbocycles. The molecule has 0 bridgehead atoms. The molecule has 0 radical (unpaired) electrons. The van der Waals surface area contributed by atoms with Crippen molar-refractivity contribution in [2.45, 2.75) is 26.8 Å². The van der Waals surface area contributed by atoms with Gasteiger partial charge in [-0.3, -0.25) is 4.90 Å². The van der Waals surface area contributed by atoms with Crippen molar-refractivity contribution in [3.8, 4) is 0 Å². The minimum atomic E-state index is -1.24. The van der Waals surface area contributed by atoms with Crippen molar-refractivity contribution >= 4 is 22.4 Å². The van der Waals surface area contributed by atoms with E-state index in [0.717, 1.165) is 0 Å². The average molecular weight is 339 g/mol. The maximum absolute atomic E-state index is 14.9. The number of benzene rings is 1. The lowest BCUT2D eigenvalue weighted by atomic mass is 10.1. The average Bonchev–Trinajstić information content (AvgIpc) is 2.53. The smallest absolute Gasteiger partial charge is 0.186 e. The number of nitrogens with zero attached hydrogens (tertiary/aromatic N) is 4. The third-order valence-corrected chi connectivity index (χ3v) is 4.45. The van der Waals surface area contributed by atoms with E-state index in [1.54, 1.807) is 0 Å². The number of anilines is 2. The summed E-state index contributed by atoms with van der Waals surface area (Å²) in [4.78, 5) is 11.4. The summed E-state index contributed by atoms with van der Waals surface area (Å²) in [7, 11) is 0. The summed E-state index contributed by atoms with van der Waals surface area (Å²) in [6.07, 6.45) is 0. The Morgan fingerprint density at radius 2 is 1.58 bits per heavy atom. The molecule has 8 heteroatoms. The highest BCUT2D eigenvalue weighted by Gasteiger charge is 2.29. The van der Waals surface area contributed by atoms with Gasteiger partial charge in [-0.2, -0.15) is 0 Å². The van der Waals surface area contributed by atoms with Gasteiger partial charge in [-0.05, 0) is 20.8 Å². The molecule has 1 aromatic heterocycles. The topological polar surface area (TPSA) is 58.3 Å². The van der Waals surface area contributed by atoms with Gasteiger partial charge < -0.3 is 10.6 Å². The van der Waals surface area contributed by atoms with Gasteiger partial charge in [-0.15, -0.1) is 0 Å². The number of hydrogen-bond donors (Lipinski definition) is 1. The van der Waals surface area contributed by atoms with Gasteiger partial charge in [-0.25, -0.2) is 23.1 Å². The lowest BCUT2D eigenvalue weighted by Crippen LogP contribution is -2.49. The first-order valence-corrected chi connectivity index (χ1v) is 7.90. The lowest BCUT2D eigenvalue weighted by molar-refractivity contribution is 0.208. The number of nitrogens with two attached hydrogens (primary N) is 1. The fourth-order valence-electron chi connectivity index (χ4n) is 3.13. The maximum Gasteiger partial charge on any atom is 0.186 e. The van der Waals surface area contributed by atoms with Crippen LogP contribution >= 0.6 is 0 Å². The Morgan fingerprint density at radius 1 is 0.958 bits per heavy atom. The summed E-state index contributed by atoms with van der Waals surface area (Å²) in [5.74, 6) is -3.38. The monoisotopic (exact) mass is 339 g/mol. The maximum atomic E-state index is 14.9. The summed E-state index contributed by atoms with van der Waals surface area (Å²) in [6, 6.07) is 0.352. The first-order chi connectivity index (χ1) is 11.3. The van der Waals surface area contributed by atoms with Crippen LogP contribution < -0.4 is 10.6 Å². The van der Waals surface area contributed by atoms with Gasteiger partial charge in [0.25, 0.3) is 0 Å². The van der Waals surface area contributed by atoms with Crippen molar-refractivity contribution in [2.75, 3.05) is 36.8 Å². The van der Waals surface area contributed by atoms with E-state index >= 15 is 0 Å². The molecule has 0 atom stereocenters. The third kappa shape index (κ3) is 2.64. The van der Waals surface area contributed by atoms with Crippen LogP contribution in [0.25, 0.3) is 10.9 Å². The number of piperazine rings is 1. The van der Waals surface area contributed by atoms with Gasteiger partial charge >= 0.3 is 0 Å². The number of nitrogen functional groups attached to an aromatic ring is 1. The molecule has 2 aromatic rings. The van der Waals surface area contributed by atoms with Crippen molar-refractivity contribution in [3.05, 3.63) is 23.3 Å². The van der Waals surface area contributed by atoms with E-state index in [-0.39, 0.29) is 22.8 Å². The second-order valence-electron chi connectivity index (χ2n) is 6.29. The molecule has 0 amide bonds. The number of halogens is 3. The summed E-state index contributed by atoms with van der Waals surface area (Å²) in [5.41, 5.74) is 4.98. The number of fused-ring (bicyclic) bond motifs is 1. The van der Waals surface area contributed by atoms with Crippen molar-refractivity contribution in [2.24, 2.45) is 0 Å². The Balaban J connectivity index is 2.09. The van der Waals surface area contributed by atoms with Crippen molar-refractivity contribution in [1.82, 2.24) is 14.9 Å². The Kier molecular flexibility index (Phi) is 4.25. The fourth-order valence-corrected chi connectivity index (χ4v) is 3.13. The minimum absolute atomic E-state index is 0.209. The molecule has 0 spiro atoms. The summed E-state index contributed by atoms with van der Waals surface area (Å²) in [5, 5.41) is -0.403. The van der Waals surface area contributed by atoms with E-state index < -0.39 is 22.8 Å². The highest BCUT2D eigenvalue weighted by atomic mass is 19.2. The van der Waals surface area contributed by atoms with Crippen LogP contribution in [0.4, 0.5) is 24.7 Å². The zero-order valence-electron chi connectivity index (χ0n) is 13.9. The molecule has 0 unspecified atom stereocenters. The molecule has 2 heterocycles. The zero-order chi connectivity index (χ0) is 17.6. The van der Waals surface area contributed by atoms with Crippen molar-refractivity contribution < 1.29 is 13.2 Å². The van der Waals surface area contributed by atoms with Crippen LogP contribution in [0.3, 0.4) is 0 Å². The molecule has 24 heavy (non-hydrogen) atoms. The fraction of sp³-hybridized carbons (Fsp3) is 0.500. The number of hydrogen-bond acceptors (Lipinski definition) is 5. The first-order valence-electron chi connectivity index (χ1n) is 7.90. The molecular weight excluding hydrogens is 319 g/mol. The molecule has 1 aromatic carbocycles. The van der Waals surface area contributed by atoms with Crippen molar-refractivity contribution in [1.29, 1.82) is 0 Å². The standard InChI is InChI=1S/C16H20F3N5/c1-8(2)23-4-6-24(7-5-23)15-12(18)11(17)10-14(13(15)19)21-9(3)22-16(10)20/h8H,4-7H2,1-3H3,(H2,20,21,22). The van der Waals surface area contributed by atoms with Crippen LogP contribution in [0.15, 0.2) is 0 Å². The van der Waals surface area contributed by atoms with E-state index in [2.05, 4.69) is 28.7 Å².